The van der Waals surface area contributed by atoms with E-state index in [1.54, 1.807) is 30.3 Å². The molecule has 0 aliphatic heterocycles. The zero-order chi connectivity index (χ0) is 21.4. The van der Waals surface area contributed by atoms with Crippen molar-refractivity contribution in [3.05, 3.63) is 117 Å². The van der Waals surface area contributed by atoms with Crippen molar-refractivity contribution in [2.24, 2.45) is 0 Å². The summed E-state index contributed by atoms with van der Waals surface area (Å²) in [5, 5.41) is 2.29. The maximum Gasteiger partial charge on any atom is 0.197 e. The smallest absolute Gasteiger partial charge is 0.197 e. The van der Waals surface area contributed by atoms with Crippen LogP contribution in [-0.2, 0) is 6.61 Å². The van der Waals surface area contributed by atoms with Gasteiger partial charge in [-0.2, -0.15) is 0 Å². The van der Waals surface area contributed by atoms with Crippen LogP contribution in [0.2, 0.25) is 0 Å². The van der Waals surface area contributed by atoms with E-state index in [4.69, 9.17) is 4.74 Å². The van der Waals surface area contributed by atoms with Gasteiger partial charge in [-0.25, -0.2) is 0 Å². The lowest BCUT2D eigenvalue weighted by Crippen LogP contribution is -2.02. The van der Waals surface area contributed by atoms with E-state index in [1.807, 2.05) is 42.5 Å². The average molecular weight is 469 g/mol. The highest BCUT2D eigenvalue weighted by molar-refractivity contribution is 9.10. The van der Waals surface area contributed by atoms with E-state index in [0.717, 1.165) is 20.8 Å². The third kappa shape index (κ3) is 3.60. The highest BCUT2D eigenvalue weighted by Gasteiger charge is 2.32. The van der Waals surface area contributed by atoms with Gasteiger partial charge in [0.15, 0.2) is 11.6 Å². The van der Waals surface area contributed by atoms with Crippen molar-refractivity contribution in [1.82, 2.24) is 0 Å². The number of ether oxygens (including phenoxy) is 1. The lowest BCUT2D eigenvalue weighted by molar-refractivity contribution is 0.0990. The van der Waals surface area contributed by atoms with Gasteiger partial charge in [0.1, 0.15) is 12.4 Å². The van der Waals surface area contributed by atoms with Crippen LogP contribution in [0.5, 0.6) is 5.75 Å². The van der Waals surface area contributed by atoms with Gasteiger partial charge >= 0.3 is 0 Å². The molecule has 0 atom stereocenters. The number of benzene rings is 4. The van der Waals surface area contributed by atoms with Gasteiger partial charge in [0, 0.05) is 21.2 Å². The Balaban J connectivity index is 1.49. The summed E-state index contributed by atoms with van der Waals surface area (Å²) in [5.74, 6) is 0.112. The van der Waals surface area contributed by atoms with Crippen LogP contribution in [-0.4, -0.2) is 11.6 Å². The Kier molecular flexibility index (Phi) is 5.00. The number of allylic oxidation sites excluding steroid dienone is 1. The summed E-state index contributed by atoms with van der Waals surface area (Å²) in [7, 11) is 0. The minimum Gasteiger partial charge on any atom is -0.488 e. The molecule has 31 heavy (non-hydrogen) atoms. The molecule has 0 radical (unpaired) electrons. The molecule has 0 amide bonds. The van der Waals surface area contributed by atoms with E-state index in [0.29, 0.717) is 29.0 Å². The number of halogens is 1. The van der Waals surface area contributed by atoms with Gasteiger partial charge in [-0.3, -0.25) is 9.59 Å². The minimum absolute atomic E-state index is 0.161. The zero-order valence-electron chi connectivity index (χ0n) is 16.5. The molecule has 0 unspecified atom stereocenters. The van der Waals surface area contributed by atoms with Crippen LogP contribution in [0.1, 0.15) is 31.8 Å². The topological polar surface area (TPSA) is 43.4 Å². The molecule has 5 rings (SSSR count). The molecule has 1 aliphatic carbocycles. The highest BCUT2D eigenvalue weighted by atomic mass is 79.9. The summed E-state index contributed by atoms with van der Waals surface area (Å²) < 4.78 is 7.00. The van der Waals surface area contributed by atoms with Crippen LogP contribution in [0.3, 0.4) is 0 Å². The summed E-state index contributed by atoms with van der Waals surface area (Å²) >= 11 is 3.48. The van der Waals surface area contributed by atoms with Crippen molar-refractivity contribution < 1.29 is 14.3 Å². The van der Waals surface area contributed by atoms with Gasteiger partial charge in [0.25, 0.3) is 0 Å². The van der Waals surface area contributed by atoms with Gasteiger partial charge in [-0.05, 0) is 40.6 Å². The summed E-state index contributed by atoms with van der Waals surface area (Å²) in [4.78, 5) is 25.6. The Labute approximate surface area is 188 Å². The van der Waals surface area contributed by atoms with Crippen LogP contribution < -0.4 is 4.74 Å². The molecular formula is C27H17BrO3. The molecule has 0 bridgehead atoms. The van der Waals surface area contributed by atoms with E-state index >= 15 is 0 Å². The van der Waals surface area contributed by atoms with E-state index in [2.05, 4.69) is 34.1 Å². The molecule has 0 N–H and O–H groups in total. The number of ketones is 2. The second kappa shape index (κ2) is 7.97. The van der Waals surface area contributed by atoms with Crippen molar-refractivity contribution in [2.45, 2.75) is 6.61 Å². The first-order valence-electron chi connectivity index (χ1n) is 9.91. The molecule has 4 heteroatoms. The fourth-order valence-corrected chi connectivity index (χ4v) is 4.28. The molecule has 4 aromatic carbocycles. The van der Waals surface area contributed by atoms with Crippen LogP contribution in [0.4, 0.5) is 0 Å². The van der Waals surface area contributed by atoms with Crippen LogP contribution in [0.25, 0.3) is 16.8 Å². The lowest BCUT2D eigenvalue weighted by atomic mass is 10.0. The predicted octanol–water partition coefficient (Wildman–Crippen LogP) is 6.64. The number of fused-ring (bicyclic) bond motifs is 2. The second-order valence-electron chi connectivity index (χ2n) is 7.37. The monoisotopic (exact) mass is 468 g/mol. The average Bonchev–Trinajstić information content (AvgIpc) is 3.04. The Bertz CT molecular complexity index is 1340. The number of rotatable bonds is 4. The lowest BCUT2D eigenvalue weighted by Gasteiger charge is -2.12. The molecule has 1 aliphatic rings. The summed E-state index contributed by atoms with van der Waals surface area (Å²) in [6, 6.07) is 26.8. The van der Waals surface area contributed by atoms with Gasteiger partial charge in [-0.1, -0.05) is 82.7 Å². The fraction of sp³-hybridized carbons (Fsp3) is 0.0370. The molecule has 4 aromatic rings. The first-order chi connectivity index (χ1) is 15.1. The number of carbonyl (C=O) groups excluding carboxylic acids is 2. The van der Waals surface area contributed by atoms with Gasteiger partial charge in [-0.15, -0.1) is 0 Å². The molecule has 0 spiro atoms. The van der Waals surface area contributed by atoms with E-state index < -0.39 is 0 Å². The molecule has 0 saturated heterocycles. The predicted molar refractivity (Wildman–Crippen MR) is 126 cm³/mol. The van der Waals surface area contributed by atoms with Crippen molar-refractivity contribution in [3.63, 3.8) is 0 Å². The molecule has 0 fully saturated rings. The third-order valence-electron chi connectivity index (χ3n) is 5.44. The van der Waals surface area contributed by atoms with Crippen LogP contribution in [0.15, 0.2) is 95.0 Å². The molecule has 3 nitrogen and oxygen atoms in total. The quantitative estimate of drug-likeness (QED) is 0.249. The first kappa shape index (κ1) is 19.5. The fourth-order valence-electron chi connectivity index (χ4n) is 3.90. The number of carbonyl (C=O) groups is 2. The van der Waals surface area contributed by atoms with Crippen molar-refractivity contribution in [3.8, 4) is 5.75 Å². The molecule has 0 heterocycles. The Morgan fingerprint density at radius 3 is 2.23 bits per heavy atom. The third-order valence-corrected chi connectivity index (χ3v) is 5.93. The summed E-state index contributed by atoms with van der Waals surface area (Å²) in [5.41, 5.74) is 2.81. The first-order valence-corrected chi connectivity index (χ1v) is 10.7. The molecule has 0 aromatic heterocycles. The van der Waals surface area contributed by atoms with E-state index in [1.165, 1.54) is 0 Å². The maximum absolute atomic E-state index is 12.8. The van der Waals surface area contributed by atoms with Crippen molar-refractivity contribution >= 4 is 44.3 Å². The minimum atomic E-state index is -0.249. The normalized spacial score (nSPS) is 12.9. The Hall–Kier alpha value is -3.50. The van der Waals surface area contributed by atoms with Gasteiger partial charge < -0.3 is 4.74 Å². The number of hydrogen-bond acceptors (Lipinski definition) is 3. The van der Waals surface area contributed by atoms with E-state index in [9.17, 15) is 9.59 Å². The van der Waals surface area contributed by atoms with Crippen molar-refractivity contribution in [1.29, 1.82) is 0 Å². The Morgan fingerprint density at radius 2 is 1.45 bits per heavy atom. The largest absolute Gasteiger partial charge is 0.488 e. The summed E-state index contributed by atoms with van der Waals surface area (Å²) in [6.07, 6.45) is 1.63. The highest BCUT2D eigenvalue weighted by Crippen LogP contribution is 2.32. The number of Topliss-reactive ketones (excluding diaryl/α,β-unsaturated/α-hetero) is 2. The standard InChI is InChI=1S/C27H17BrO3/c28-20-12-13-25(31-16-18-8-5-7-17-6-1-2-9-21(17)18)19(14-20)15-24-26(29)22-10-3-4-11-23(22)27(24)30/h1-15H,16H2. The Morgan fingerprint density at radius 1 is 0.774 bits per heavy atom. The SMILES string of the molecule is O=C1C(=Cc2cc(Br)ccc2OCc2cccc3ccccc23)C(=O)c2ccccc21. The van der Waals surface area contributed by atoms with Gasteiger partial charge in [0.2, 0.25) is 0 Å². The molecule has 0 saturated carbocycles. The second-order valence-corrected chi connectivity index (χ2v) is 8.29. The molecular weight excluding hydrogens is 452 g/mol. The maximum atomic E-state index is 12.8. The number of hydrogen-bond donors (Lipinski definition) is 0. The zero-order valence-corrected chi connectivity index (χ0v) is 18.1. The van der Waals surface area contributed by atoms with Crippen LogP contribution in [0, 0.1) is 0 Å². The summed E-state index contributed by atoms with van der Waals surface area (Å²) in [6.45, 7) is 0.376. The molecule has 150 valence electrons. The van der Waals surface area contributed by atoms with Gasteiger partial charge in [0.05, 0.1) is 5.57 Å². The van der Waals surface area contributed by atoms with Crippen molar-refractivity contribution in [2.75, 3.05) is 0 Å². The van der Waals surface area contributed by atoms with Crippen LogP contribution >= 0.6 is 15.9 Å². The van der Waals surface area contributed by atoms with E-state index in [-0.39, 0.29) is 17.1 Å².